The van der Waals surface area contributed by atoms with Crippen molar-refractivity contribution in [3.63, 3.8) is 0 Å². The number of fused-ring (bicyclic) bond motifs is 2. The van der Waals surface area contributed by atoms with Gasteiger partial charge in [0.1, 0.15) is 33.9 Å². The smallest absolute Gasteiger partial charge is 0.276 e. The number of nitrogens with one attached hydrogen (secondary N) is 2. The Morgan fingerprint density at radius 3 is 1.56 bits per heavy atom. The molecule has 0 aliphatic rings. The number of aromatic nitrogens is 8. The molecule has 6 aromatic rings. The quantitative estimate of drug-likeness (QED) is 0.0753. The van der Waals surface area contributed by atoms with Gasteiger partial charge < -0.3 is 35.2 Å². The van der Waals surface area contributed by atoms with Crippen LogP contribution in [0.4, 0.5) is 11.9 Å². The maximum Gasteiger partial charge on any atom is 0.276 e. The average Bonchev–Trinajstić information content (AvgIpc) is 3.91. The minimum atomic E-state index is -0.741. The Morgan fingerprint density at radius 2 is 1.16 bits per heavy atom. The molecule has 2 aromatic carbocycles. The predicted molar refractivity (Wildman–Crippen MR) is 201 cm³/mol. The first kappa shape index (κ1) is 37.7. The zero-order valence-electron chi connectivity index (χ0n) is 30.8. The molecule has 0 atom stereocenters. The molecule has 286 valence electrons. The highest BCUT2D eigenvalue weighted by Crippen LogP contribution is 2.33. The zero-order chi connectivity index (χ0) is 39.6. The van der Waals surface area contributed by atoms with Crippen molar-refractivity contribution < 1.29 is 33.8 Å². The molecule has 0 bridgehead atoms. The first-order valence-corrected chi connectivity index (χ1v) is 17.2. The molecule has 7 N–H and O–H groups in total. The van der Waals surface area contributed by atoms with E-state index >= 15 is 0 Å². The van der Waals surface area contributed by atoms with Crippen molar-refractivity contribution >= 4 is 57.6 Å². The summed E-state index contributed by atoms with van der Waals surface area (Å²) in [6.45, 7) is 7.74. The molecule has 0 radical (unpaired) electrons. The second kappa shape index (κ2) is 15.5. The highest BCUT2D eigenvalue weighted by atomic mass is 16.6. The molecule has 0 spiro atoms. The van der Waals surface area contributed by atoms with Gasteiger partial charge in [-0.2, -0.15) is 10.2 Å². The largest absolute Gasteiger partial charge is 0.494 e. The topological polar surface area (TPSA) is 254 Å². The van der Waals surface area contributed by atoms with E-state index in [1.165, 1.54) is 31.4 Å². The summed E-state index contributed by atoms with van der Waals surface area (Å²) in [5, 5.41) is 24.2. The maximum atomic E-state index is 13.5. The Bertz CT molecular complexity index is 2500. The molecule has 4 amide bonds. The van der Waals surface area contributed by atoms with Gasteiger partial charge in [0.25, 0.3) is 11.8 Å². The van der Waals surface area contributed by atoms with E-state index in [2.05, 4.69) is 30.8 Å². The fourth-order valence-corrected chi connectivity index (χ4v) is 6.26. The number of hydrogen-bond donors (Lipinski definition) is 5. The Kier molecular flexibility index (Phi) is 10.7. The number of aryl methyl sites for hydroxylation is 4. The molecule has 0 saturated carbocycles. The Morgan fingerprint density at radius 1 is 0.727 bits per heavy atom. The molecule has 4 aromatic heterocycles. The van der Waals surface area contributed by atoms with Crippen molar-refractivity contribution in [3.05, 3.63) is 82.5 Å². The highest BCUT2D eigenvalue weighted by Gasteiger charge is 2.23. The SMILES string of the molecule is CCn1nc(C)cc1C(=O)Nc1nc2cc(C(N)=O)cc(OC)c2n1C/C=C/Cn1c(NC(=O)c2cc(C)nn2CC)nc2cc(C(N)=O)cc(OCO)c21. The van der Waals surface area contributed by atoms with Gasteiger partial charge in [-0.3, -0.25) is 39.2 Å². The van der Waals surface area contributed by atoms with Crippen molar-refractivity contribution in [2.75, 3.05) is 24.5 Å². The summed E-state index contributed by atoms with van der Waals surface area (Å²) in [5.74, 6) is -1.68. The number of imidazole rings is 2. The number of amides is 4. The van der Waals surface area contributed by atoms with Crippen molar-refractivity contribution in [1.82, 2.24) is 38.7 Å². The predicted octanol–water partition coefficient (Wildman–Crippen LogP) is 2.73. The van der Waals surface area contributed by atoms with Gasteiger partial charge in [-0.25, -0.2) is 9.97 Å². The summed E-state index contributed by atoms with van der Waals surface area (Å²) in [5.41, 5.74) is 14.8. The number of anilines is 2. The number of aliphatic hydroxyl groups is 1. The van der Waals surface area contributed by atoms with E-state index in [1.54, 1.807) is 56.6 Å². The molecule has 55 heavy (non-hydrogen) atoms. The van der Waals surface area contributed by atoms with Crippen LogP contribution in [-0.2, 0) is 26.2 Å². The number of methoxy groups -OCH3 is 1. The first-order valence-electron chi connectivity index (χ1n) is 17.2. The molecule has 19 heteroatoms. The lowest BCUT2D eigenvalue weighted by Crippen LogP contribution is -2.20. The van der Waals surface area contributed by atoms with Gasteiger partial charge >= 0.3 is 0 Å². The minimum Gasteiger partial charge on any atom is -0.494 e. The average molecular weight is 753 g/mol. The summed E-state index contributed by atoms with van der Waals surface area (Å²) in [7, 11) is 1.44. The molecule has 4 heterocycles. The molecular weight excluding hydrogens is 712 g/mol. The van der Waals surface area contributed by atoms with Crippen LogP contribution in [0.3, 0.4) is 0 Å². The number of rotatable bonds is 15. The summed E-state index contributed by atoms with van der Waals surface area (Å²) < 4.78 is 17.6. The lowest BCUT2D eigenvalue weighted by Gasteiger charge is -2.12. The number of allylic oxidation sites excluding steroid dienone is 2. The van der Waals surface area contributed by atoms with Gasteiger partial charge in [0.05, 0.1) is 29.5 Å². The van der Waals surface area contributed by atoms with Gasteiger partial charge in [-0.05, 0) is 64.1 Å². The summed E-state index contributed by atoms with van der Waals surface area (Å²) >= 11 is 0. The van der Waals surface area contributed by atoms with Crippen LogP contribution in [0.1, 0.15) is 66.9 Å². The third-order valence-electron chi connectivity index (χ3n) is 8.68. The summed E-state index contributed by atoms with van der Waals surface area (Å²) in [6.07, 6.45) is 3.56. The van der Waals surface area contributed by atoms with E-state index in [0.29, 0.717) is 58.2 Å². The molecule has 0 unspecified atom stereocenters. The van der Waals surface area contributed by atoms with E-state index in [-0.39, 0.29) is 47.4 Å². The van der Waals surface area contributed by atoms with E-state index in [1.807, 2.05) is 13.8 Å². The number of hydrogen-bond acceptors (Lipinski definition) is 11. The second-order valence-corrected chi connectivity index (χ2v) is 12.3. The van der Waals surface area contributed by atoms with Crippen molar-refractivity contribution in [1.29, 1.82) is 0 Å². The second-order valence-electron chi connectivity index (χ2n) is 12.3. The first-order chi connectivity index (χ1) is 26.4. The summed E-state index contributed by atoms with van der Waals surface area (Å²) in [4.78, 5) is 60.6. The van der Waals surface area contributed by atoms with Crippen LogP contribution >= 0.6 is 0 Å². The number of aliphatic hydroxyl groups excluding tert-OH is 1. The number of ether oxygens (including phenoxy) is 2. The molecule has 19 nitrogen and oxygen atoms in total. The van der Waals surface area contributed by atoms with Crippen molar-refractivity contribution in [2.45, 2.75) is 53.9 Å². The molecule has 0 aliphatic heterocycles. The fraction of sp³-hybridized carbons (Fsp3) is 0.278. The van der Waals surface area contributed by atoms with E-state index in [4.69, 9.17) is 20.9 Å². The van der Waals surface area contributed by atoms with Gasteiger partial charge in [0.15, 0.2) is 6.79 Å². The standard InChI is InChI=1S/C36H40N12O7/c1-6-47-25(12-19(3)43-47)33(52)41-35-39-23-14-21(31(37)50)16-27(54-5)29(23)45(35)10-8-9-11-46-30-24(15-22(32(38)51)17-28(30)55-18-49)40-36(46)42-34(53)26-13-20(4)44-48(26)7-2/h8-9,12-17,49H,6-7,10-11,18H2,1-5H3,(H2,37,50)(H2,38,51)(H,39,41,52)(H,40,42,53)/b9-8+. The number of carbonyl (C=O) groups excluding carboxylic acids is 4. The maximum absolute atomic E-state index is 13.5. The van der Waals surface area contributed by atoms with Gasteiger partial charge in [0.2, 0.25) is 23.7 Å². The third-order valence-corrected chi connectivity index (χ3v) is 8.68. The molecular formula is C36H40N12O7. The van der Waals surface area contributed by atoms with Crippen LogP contribution in [0.15, 0.2) is 48.6 Å². The Hall–Kier alpha value is -7.02. The molecule has 6 rings (SSSR count). The van der Waals surface area contributed by atoms with Crippen molar-refractivity contribution in [2.24, 2.45) is 11.5 Å². The number of benzene rings is 2. The van der Waals surface area contributed by atoms with E-state index < -0.39 is 30.4 Å². The summed E-state index contributed by atoms with van der Waals surface area (Å²) in [6, 6.07) is 9.18. The highest BCUT2D eigenvalue weighted by molar-refractivity contribution is 6.05. The Balaban J connectivity index is 1.40. The molecule has 0 saturated heterocycles. The zero-order valence-corrected chi connectivity index (χ0v) is 30.8. The molecule has 0 aliphatic carbocycles. The van der Waals surface area contributed by atoms with Crippen LogP contribution in [0, 0.1) is 13.8 Å². The van der Waals surface area contributed by atoms with Crippen LogP contribution in [0.2, 0.25) is 0 Å². The molecule has 0 fully saturated rings. The Labute approximate surface area is 313 Å². The van der Waals surface area contributed by atoms with Crippen LogP contribution in [0.25, 0.3) is 22.1 Å². The minimum absolute atomic E-state index is 0.0841. The normalized spacial score (nSPS) is 11.5. The third kappa shape index (κ3) is 7.45. The van der Waals surface area contributed by atoms with E-state index in [0.717, 1.165) is 0 Å². The lowest BCUT2D eigenvalue weighted by atomic mass is 10.1. The lowest BCUT2D eigenvalue weighted by molar-refractivity contribution is 0.0971. The van der Waals surface area contributed by atoms with Gasteiger partial charge in [-0.1, -0.05) is 12.2 Å². The number of primary amides is 2. The monoisotopic (exact) mass is 752 g/mol. The van der Waals surface area contributed by atoms with Crippen LogP contribution < -0.4 is 31.6 Å². The van der Waals surface area contributed by atoms with Gasteiger partial charge in [-0.15, -0.1) is 0 Å². The van der Waals surface area contributed by atoms with Crippen LogP contribution in [-0.4, -0.2) is 81.3 Å². The number of nitrogens with two attached hydrogens (primary N) is 2. The van der Waals surface area contributed by atoms with Crippen LogP contribution in [0.5, 0.6) is 11.5 Å². The van der Waals surface area contributed by atoms with E-state index in [9.17, 15) is 24.3 Å². The van der Waals surface area contributed by atoms with Gasteiger partial charge in [0, 0.05) is 37.3 Å². The van der Waals surface area contributed by atoms with Crippen molar-refractivity contribution in [3.8, 4) is 11.5 Å². The number of nitrogens with zero attached hydrogens (tertiary/aromatic N) is 8. The fourth-order valence-electron chi connectivity index (χ4n) is 6.26. The number of carbonyl (C=O) groups is 4.